The van der Waals surface area contributed by atoms with Crippen LogP contribution >= 0.6 is 11.8 Å². The number of carbonyl (C=O) groups excluding carboxylic acids is 2. The Morgan fingerprint density at radius 2 is 2.00 bits per heavy atom. The minimum Gasteiger partial charge on any atom is -0.468 e. The molecule has 0 unspecified atom stereocenters. The zero-order chi connectivity index (χ0) is 22.5. The largest absolute Gasteiger partial charge is 0.468 e. The molecule has 0 aliphatic heterocycles. The lowest BCUT2D eigenvalue weighted by molar-refractivity contribution is 0.0523. The topological polar surface area (TPSA) is 101 Å². The molecule has 0 saturated carbocycles. The fourth-order valence-corrected chi connectivity index (χ4v) is 4.01. The minimum absolute atomic E-state index is 0.192. The molecule has 3 aromatic rings. The Labute approximate surface area is 183 Å². The van der Waals surface area contributed by atoms with Crippen LogP contribution in [0, 0.1) is 5.92 Å². The van der Waals surface area contributed by atoms with E-state index in [4.69, 9.17) is 13.9 Å². The lowest BCUT2D eigenvalue weighted by Crippen LogP contribution is -2.25. The molecule has 8 nitrogen and oxygen atoms in total. The summed E-state index contributed by atoms with van der Waals surface area (Å²) in [5, 5.41) is 0.891. The maximum absolute atomic E-state index is 13.2. The Morgan fingerprint density at radius 1 is 1.23 bits per heavy atom. The number of esters is 2. The maximum atomic E-state index is 13.2. The van der Waals surface area contributed by atoms with Crippen LogP contribution in [0.25, 0.3) is 10.9 Å². The first-order valence-corrected chi connectivity index (χ1v) is 10.8. The van der Waals surface area contributed by atoms with Crippen LogP contribution in [0.4, 0.5) is 0 Å². The van der Waals surface area contributed by atoms with E-state index in [0.29, 0.717) is 39.5 Å². The number of carbonyl (C=O) groups is 2. The molecule has 2 aromatic heterocycles. The van der Waals surface area contributed by atoms with Crippen molar-refractivity contribution in [3.8, 4) is 0 Å². The van der Waals surface area contributed by atoms with Gasteiger partial charge in [0.05, 0.1) is 42.2 Å². The second kappa shape index (κ2) is 9.82. The lowest BCUT2D eigenvalue weighted by Gasteiger charge is -2.15. The van der Waals surface area contributed by atoms with E-state index in [-0.39, 0.29) is 23.8 Å². The molecule has 0 amide bonds. The Balaban J connectivity index is 2.01. The van der Waals surface area contributed by atoms with Gasteiger partial charge in [0.2, 0.25) is 0 Å². The molecule has 2 heterocycles. The van der Waals surface area contributed by atoms with Crippen LogP contribution in [0.1, 0.15) is 47.2 Å². The molecule has 9 heteroatoms. The number of nitrogens with zero attached hydrogens (tertiary/aromatic N) is 2. The smallest absolute Gasteiger partial charge is 0.341 e. The highest BCUT2D eigenvalue weighted by molar-refractivity contribution is 7.98. The van der Waals surface area contributed by atoms with Crippen LogP contribution in [-0.2, 0) is 21.8 Å². The molecule has 0 atom stereocenters. The van der Waals surface area contributed by atoms with E-state index in [0.717, 1.165) is 0 Å². The molecule has 31 heavy (non-hydrogen) atoms. The van der Waals surface area contributed by atoms with Gasteiger partial charge in [-0.3, -0.25) is 9.36 Å². The van der Waals surface area contributed by atoms with Gasteiger partial charge in [0, 0.05) is 6.54 Å². The van der Waals surface area contributed by atoms with Crippen LogP contribution in [0.15, 0.2) is 44.9 Å². The monoisotopic (exact) mass is 444 g/mol. The molecule has 1 aromatic carbocycles. The van der Waals surface area contributed by atoms with Gasteiger partial charge in [0.15, 0.2) is 5.16 Å². The number of fused-ring (bicyclic) bond motifs is 1. The van der Waals surface area contributed by atoms with E-state index >= 15 is 0 Å². The quantitative estimate of drug-likeness (QED) is 0.293. The molecule has 0 bridgehead atoms. The first-order valence-electron chi connectivity index (χ1n) is 9.84. The number of rotatable bonds is 8. The minimum atomic E-state index is -0.501. The Morgan fingerprint density at radius 3 is 2.68 bits per heavy atom. The van der Waals surface area contributed by atoms with Crippen LogP contribution in [0.3, 0.4) is 0 Å². The Hall–Kier alpha value is -3.07. The van der Waals surface area contributed by atoms with Crippen molar-refractivity contribution in [3.05, 3.63) is 57.8 Å². The number of methoxy groups -OCH3 is 1. The van der Waals surface area contributed by atoms with Gasteiger partial charge in [-0.25, -0.2) is 14.6 Å². The summed E-state index contributed by atoms with van der Waals surface area (Å²) in [7, 11) is 1.30. The number of ether oxygens (including phenoxy) is 2. The number of thioether (sulfide) groups is 1. The van der Waals surface area contributed by atoms with Gasteiger partial charge in [0.1, 0.15) is 11.3 Å². The van der Waals surface area contributed by atoms with E-state index in [9.17, 15) is 14.4 Å². The van der Waals surface area contributed by atoms with Crippen molar-refractivity contribution in [1.29, 1.82) is 0 Å². The van der Waals surface area contributed by atoms with Gasteiger partial charge in [-0.15, -0.1) is 0 Å². The number of hydrogen-bond donors (Lipinski definition) is 0. The summed E-state index contributed by atoms with van der Waals surface area (Å²) in [6.45, 7) is 6.50. The lowest BCUT2D eigenvalue weighted by atomic mass is 10.1. The highest BCUT2D eigenvalue weighted by Gasteiger charge is 2.19. The third-order valence-electron chi connectivity index (χ3n) is 4.46. The van der Waals surface area contributed by atoms with E-state index < -0.39 is 11.9 Å². The summed E-state index contributed by atoms with van der Waals surface area (Å²) in [5.74, 6) is -0.0189. The summed E-state index contributed by atoms with van der Waals surface area (Å²) in [6, 6.07) is 6.25. The zero-order valence-corrected chi connectivity index (χ0v) is 18.7. The number of furan rings is 1. The molecule has 3 rings (SSSR count). The van der Waals surface area contributed by atoms with Gasteiger partial charge in [-0.1, -0.05) is 25.6 Å². The Bertz CT molecular complexity index is 1160. The second-order valence-corrected chi connectivity index (χ2v) is 8.14. The summed E-state index contributed by atoms with van der Waals surface area (Å²) >= 11 is 1.28. The van der Waals surface area contributed by atoms with Gasteiger partial charge in [-0.05, 0) is 37.1 Å². The van der Waals surface area contributed by atoms with Crippen LogP contribution < -0.4 is 5.56 Å². The third-order valence-corrected chi connectivity index (χ3v) is 5.44. The molecular formula is C22H24N2O6S. The molecule has 0 spiro atoms. The average molecular weight is 445 g/mol. The van der Waals surface area contributed by atoms with Gasteiger partial charge in [0.25, 0.3) is 5.56 Å². The predicted molar refractivity (Wildman–Crippen MR) is 116 cm³/mol. The summed E-state index contributed by atoms with van der Waals surface area (Å²) in [6.07, 6.45) is 1.43. The molecular weight excluding hydrogens is 420 g/mol. The number of aromatic nitrogens is 2. The van der Waals surface area contributed by atoms with Crippen LogP contribution in [0.2, 0.25) is 0 Å². The third kappa shape index (κ3) is 4.99. The maximum Gasteiger partial charge on any atom is 0.341 e. The van der Waals surface area contributed by atoms with Crippen molar-refractivity contribution < 1.29 is 23.5 Å². The zero-order valence-electron chi connectivity index (χ0n) is 17.8. The SMILES string of the molecule is CCOC(=O)c1ccoc1CSc1nc2cc(C(=O)OC)ccc2c(=O)n1CC(C)C. The van der Waals surface area contributed by atoms with Crippen molar-refractivity contribution in [1.82, 2.24) is 9.55 Å². The molecule has 0 fully saturated rings. The number of hydrogen-bond acceptors (Lipinski definition) is 8. The van der Waals surface area contributed by atoms with E-state index in [1.165, 1.54) is 25.1 Å². The molecule has 0 radical (unpaired) electrons. The molecule has 164 valence electrons. The van der Waals surface area contributed by atoms with E-state index in [2.05, 4.69) is 4.98 Å². The van der Waals surface area contributed by atoms with Gasteiger partial charge < -0.3 is 13.9 Å². The first-order chi connectivity index (χ1) is 14.8. The molecule has 0 aliphatic rings. The highest BCUT2D eigenvalue weighted by Crippen LogP contribution is 2.26. The van der Waals surface area contributed by atoms with Crippen molar-refractivity contribution in [2.45, 2.75) is 38.2 Å². The van der Waals surface area contributed by atoms with E-state index in [1.54, 1.807) is 35.8 Å². The van der Waals surface area contributed by atoms with Gasteiger partial charge in [-0.2, -0.15) is 0 Å². The predicted octanol–water partition coefficient (Wildman–Crippen LogP) is 3.90. The van der Waals surface area contributed by atoms with E-state index in [1.807, 2.05) is 13.8 Å². The number of benzene rings is 1. The van der Waals surface area contributed by atoms with Gasteiger partial charge >= 0.3 is 11.9 Å². The fraction of sp³-hybridized carbons (Fsp3) is 0.364. The summed E-state index contributed by atoms with van der Waals surface area (Å²) in [4.78, 5) is 41.8. The van der Waals surface area contributed by atoms with Crippen molar-refractivity contribution in [3.63, 3.8) is 0 Å². The standard InChI is InChI=1S/C22H24N2O6S/c1-5-29-21(27)16-8-9-30-18(16)12-31-22-23-17-10-14(20(26)28-4)6-7-15(17)19(25)24(22)11-13(2)3/h6-10,13H,5,11-12H2,1-4H3. The Kier molecular flexibility index (Phi) is 7.17. The highest BCUT2D eigenvalue weighted by atomic mass is 32.2. The van der Waals surface area contributed by atoms with Crippen LogP contribution in [-0.4, -0.2) is 35.2 Å². The van der Waals surface area contributed by atoms with Crippen molar-refractivity contribution in [2.75, 3.05) is 13.7 Å². The van der Waals surface area contributed by atoms with Crippen LogP contribution in [0.5, 0.6) is 0 Å². The van der Waals surface area contributed by atoms with Crippen molar-refractivity contribution in [2.24, 2.45) is 5.92 Å². The summed E-state index contributed by atoms with van der Waals surface area (Å²) in [5.41, 5.74) is 0.874. The second-order valence-electron chi connectivity index (χ2n) is 7.19. The normalized spacial score (nSPS) is 11.1. The molecule has 0 aliphatic carbocycles. The fourth-order valence-electron chi connectivity index (χ4n) is 3.06. The first kappa shape index (κ1) is 22.6. The molecule has 0 N–H and O–H groups in total. The average Bonchev–Trinajstić information content (AvgIpc) is 3.22. The summed E-state index contributed by atoms with van der Waals surface area (Å²) < 4.78 is 16.9. The van der Waals surface area contributed by atoms with Crippen molar-refractivity contribution >= 4 is 34.6 Å². The molecule has 0 saturated heterocycles.